The number of alkyl halides is 3. The van der Waals surface area contributed by atoms with E-state index in [1.54, 1.807) is 28.8 Å². The van der Waals surface area contributed by atoms with Crippen LogP contribution in [0.1, 0.15) is 16.7 Å². The number of rotatable bonds is 4. The Labute approximate surface area is 205 Å². The monoisotopic (exact) mass is 515 g/mol. The van der Waals surface area contributed by atoms with Crippen molar-refractivity contribution in [3.63, 3.8) is 0 Å². The molecule has 0 atom stereocenters. The maximum Gasteiger partial charge on any atom is 0.418 e. The number of aromatic nitrogens is 5. The van der Waals surface area contributed by atoms with Gasteiger partial charge in [0.15, 0.2) is 22.9 Å². The number of H-pyrrole nitrogens is 1. The van der Waals surface area contributed by atoms with Crippen molar-refractivity contribution in [2.45, 2.75) is 20.0 Å². The number of aromatic amines is 1. The van der Waals surface area contributed by atoms with Crippen molar-refractivity contribution < 1.29 is 26.7 Å². The molecule has 4 heterocycles. The molecule has 0 amide bonds. The van der Waals surface area contributed by atoms with E-state index in [9.17, 15) is 26.7 Å². The van der Waals surface area contributed by atoms with E-state index in [1.165, 1.54) is 26.1 Å². The zero-order chi connectivity index (χ0) is 26.6. The maximum atomic E-state index is 14.1. The van der Waals surface area contributed by atoms with Gasteiger partial charge in [-0.1, -0.05) is 0 Å². The average molecular weight is 515 g/mol. The lowest BCUT2D eigenvalue weighted by Gasteiger charge is -2.19. The summed E-state index contributed by atoms with van der Waals surface area (Å²) in [6.45, 7) is 2.48. The largest absolute Gasteiger partial charge is 0.438 e. The summed E-state index contributed by atoms with van der Waals surface area (Å²) in [5, 5.41) is 0.221. The van der Waals surface area contributed by atoms with Crippen LogP contribution in [0.2, 0.25) is 0 Å². The molecule has 37 heavy (non-hydrogen) atoms. The Hall–Kier alpha value is -4.48. The molecule has 0 unspecified atom stereocenters. The molecule has 12 heteroatoms. The van der Waals surface area contributed by atoms with Crippen molar-refractivity contribution in [2.24, 2.45) is 7.05 Å². The molecule has 0 aliphatic carbocycles. The first-order valence-electron chi connectivity index (χ1n) is 10.9. The Morgan fingerprint density at radius 3 is 2.43 bits per heavy atom. The topological polar surface area (TPSA) is 77.7 Å². The second-order valence-electron chi connectivity index (χ2n) is 8.38. The summed E-state index contributed by atoms with van der Waals surface area (Å²) < 4.78 is 78.0. The first-order valence-corrected chi connectivity index (χ1v) is 10.9. The van der Waals surface area contributed by atoms with E-state index in [-0.39, 0.29) is 39.4 Å². The number of hydrogen-bond donors (Lipinski definition) is 1. The van der Waals surface area contributed by atoms with E-state index in [1.807, 2.05) is 0 Å². The summed E-state index contributed by atoms with van der Waals surface area (Å²) in [5.41, 5.74) is -1.86. The van der Waals surface area contributed by atoms with Crippen molar-refractivity contribution in [2.75, 3.05) is 0 Å². The highest BCUT2D eigenvalue weighted by Gasteiger charge is 2.35. The van der Waals surface area contributed by atoms with Gasteiger partial charge in [-0.3, -0.25) is 9.48 Å². The predicted molar refractivity (Wildman–Crippen MR) is 125 cm³/mol. The normalized spacial score (nSPS) is 11.9. The summed E-state index contributed by atoms with van der Waals surface area (Å²) in [5.74, 6) is -2.40. The Morgan fingerprint density at radius 2 is 1.78 bits per heavy atom. The molecular weight excluding hydrogens is 497 g/mol. The molecule has 4 aromatic heterocycles. The van der Waals surface area contributed by atoms with Crippen LogP contribution in [0, 0.1) is 25.5 Å². The minimum Gasteiger partial charge on any atom is -0.438 e. The summed E-state index contributed by atoms with van der Waals surface area (Å²) in [4.78, 5) is 24.3. The second-order valence-corrected chi connectivity index (χ2v) is 8.38. The van der Waals surface area contributed by atoms with Crippen LogP contribution in [0.4, 0.5) is 22.0 Å². The molecule has 5 aromatic rings. The molecule has 5 rings (SSSR count). The zero-order valence-corrected chi connectivity index (χ0v) is 19.6. The molecule has 0 saturated heterocycles. The molecule has 0 aliphatic rings. The zero-order valence-electron chi connectivity index (χ0n) is 19.6. The van der Waals surface area contributed by atoms with Gasteiger partial charge in [-0.2, -0.15) is 13.2 Å². The Morgan fingerprint density at radius 1 is 1.03 bits per heavy atom. The van der Waals surface area contributed by atoms with Crippen molar-refractivity contribution in [3.8, 4) is 28.7 Å². The van der Waals surface area contributed by atoms with Gasteiger partial charge < -0.3 is 9.72 Å². The third kappa shape index (κ3) is 4.03. The summed E-state index contributed by atoms with van der Waals surface area (Å²) in [7, 11) is 1.75. The van der Waals surface area contributed by atoms with Crippen LogP contribution in [0.3, 0.4) is 0 Å². The first kappa shape index (κ1) is 24.2. The number of nitrogens with one attached hydrogen (secondary N) is 1. The number of benzene rings is 1. The number of fused-ring (bicyclic) bond motifs is 1. The Kier molecular flexibility index (Phi) is 5.61. The summed E-state index contributed by atoms with van der Waals surface area (Å²) in [6.07, 6.45) is 0.759. The van der Waals surface area contributed by atoms with E-state index < -0.39 is 28.8 Å². The van der Waals surface area contributed by atoms with Gasteiger partial charge in [-0.05, 0) is 37.6 Å². The SMILES string of the molecule is Cc1c(Oc2ncc(C(F)(F)F)c(C)c2-c2cc(=O)c3c(-n4ccn4C)nccc3[nH]2)ccc(F)c1F. The standard InChI is InChI=1S/C25H18F5N5O2/c1-12-14(25(28,29)30)11-32-24(37-19-5-4-15(26)22(27)13(19)2)20(12)17-10-18(36)21-16(33-17)6-7-31-23(21)35-9-8-34(35)3/h4-11H,1-3H3,(H,33,36). The second kappa shape index (κ2) is 8.57. The van der Waals surface area contributed by atoms with Crippen molar-refractivity contribution >= 4 is 10.9 Å². The van der Waals surface area contributed by atoms with E-state index in [0.29, 0.717) is 17.5 Å². The Balaban J connectivity index is 1.75. The van der Waals surface area contributed by atoms with E-state index in [0.717, 1.165) is 18.2 Å². The molecule has 0 spiro atoms. The summed E-state index contributed by atoms with van der Waals surface area (Å²) in [6, 6.07) is 4.63. The number of nitrogens with zero attached hydrogens (tertiary/aromatic N) is 4. The van der Waals surface area contributed by atoms with Gasteiger partial charge in [0.05, 0.1) is 27.7 Å². The minimum atomic E-state index is -4.75. The van der Waals surface area contributed by atoms with Gasteiger partial charge in [-0.25, -0.2) is 23.4 Å². The fourth-order valence-corrected chi connectivity index (χ4v) is 4.09. The lowest BCUT2D eigenvalue weighted by Crippen LogP contribution is -2.19. The molecule has 190 valence electrons. The first-order chi connectivity index (χ1) is 17.5. The van der Waals surface area contributed by atoms with Crippen LogP contribution >= 0.6 is 0 Å². The third-order valence-electron chi connectivity index (χ3n) is 6.08. The predicted octanol–water partition coefficient (Wildman–Crippen LogP) is 5.82. The van der Waals surface area contributed by atoms with Crippen LogP contribution in [0.25, 0.3) is 28.0 Å². The van der Waals surface area contributed by atoms with Gasteiger partial charge in [0.25, 0.3) is 0 Å². The van der Waals surface area contributed by atoms with E-state index in [4.69, 9.17) is 4.74 Å². The number of halogens is 5. The number of hydrogen-bond acceptors (Lipinski definition) is 4. The fourth-order valence-electron chi connectivity index (χ4n) is 4.09. The van der Waals surface area contributed by atoms with E-state index in [2.05, 4.69) is 15.0 Å². The van der Waals surface area contributed by atoms with Gasteiger partial charge in [0.2, 0.25) is 5.88 Å². The third-order valence-corrected chi connectivity index (χ3v) is 6.08. The van der Waals surface area contributed by atoms with Crippen molar-refractivity contribution in [3.05, 3.63) is 87.6 Å². The van der Waals surface area contributed by atoms with Crippen LogP contribution in [0.5, 0.6) is 11.6 Å². The van der Waals surface area contributed by atoms with Gasteiger partial charge in [0, 0.05) is 43.5 Å². The average Bonchev–Trinajstić information content (AvgIpc) is 2.82. The van der Waals surface area contributed by atoms with Crippen LogP contribution in [-0.4, -0.2) is 24.3 Å². The van der Waals surface area contributed by atoms with Gasteiger partial charge in [-0.15, -0.1) is 0 Å². The molecule has 0 aliphatic heterocycles. The quantitative estimate of drug-likeness (QED) is 0.306. The number of aryl methyl sites for hydroxylation is 1. The lowest BCUT2D eigenvalue weighted by atomic mass is 10.0. The minimum absolute atomic E-state index is 0.00603. The van der Waals surface area contributed by atoms with Crippen LogP contribution in [0.15, 0.2) is 53.8 Å². The van der Waals surface area contributed by atoms with Gasteiger partial charge in [0.1, 0.15) is 5.75 Å². The lowest BCUT2D eigenvalue weighted by molar-refractivity contribution is -0.138. The molecule has 0 bridgehead atoms. The molecule has 7 nitrogen and oxygen atoms in total. The molecule has 1 aromatic carbocycles. The molecular formula is C25H18F5N5O2. The number of ether oxygens (including phenoxy) is 1. The number of pyridine rings is 3. The van der Waals surface area contributed by atoms with Crippen LogP contribution < -0.4 is 10.2 Å². The molecule has 0 radical (unpaired) electrons. The van der Waals surface area contributed by atoms with Gasteiger partial charge >= 0.3 is 6.18 Å². The molecule has 1 N–H and O–H groups in total. The summed E-state index contributed by atoms with van der Waals surface area (Å²) >= 11 is 0. The molecule has 0 saturated carbocycles. The molecule has 0 fully saturated rings. The fraction of sp³-hybridized carbons (Fsp3) is 0.160. The Bertz CT molecular complexity index is 1730. The highest BCUT2D eigenvalue weighted by molar-refractivity contribution is 5.88. The maximum absolute atomic E-state index is 14.1. The van der Waals surface area contributed by atoms with E-state index >= 15 is 0 Å². The smallest absolute Gasteiger partial charge is 0.418 e. The van der Waals surface area contributed by atoms with Crippen molar-refractivity contribution in [1.82, 2.24) is 24.3 Å². The van der Waals surface area contributed by atoms with Crippen molar-refractivity contribution in [1.29, 1.82) is 0 Å². The highest BCUT2D eigenvalue weighted by Crippen LogP contribution is 2.41. The van der Waals surface area contributed by atoms with Crippen LogP contribution in [-0.2, 0) is 13.2 Å². The highest BCUT2D eigenvalue weighted by atomic mass is 19.4.